The van der Waals surface area contributed by atoms with Crippen molar-refractivity contribution >= 4 is 0 Å². The van der Waals surface area contributed by atoms with Crippen LogP contribution in [0.3, 0.4) is 0 Å². The van der Waals surface area contributed by atoms with Crippen LogP contribution in [0, 0.1) is 22.7 Å². The zero-order valence-corrected chi connectivity index (χ0v) is 21.5. The number of piperidine rings is 1. The van der Waals surface area contributed by atoms with Gasteiger partial charge in [0.1, 0.15) is 11.7 Å². The number of ether oxygens (including phenoxy) is 2. The van der Waals surface area contributed by atoms with Crippen LogP contribution in [-0.4, -0.2) is 58.7 Å². The molecule has 0 radical (unpaired) electrons. The molecule has 5 heteroatoms. The minimum Gasteiger partial charge on any atom is -0.504 e. The fourth-order valence-electron chi connectivity index (χ4n) is 9.58. The smallest absolute Gasteiger partial charge is 0.165 e. The Morgan fingerprint density at radius 2 is 1.91 bits per heavy atom. The van der Waals surface area contributed by atoms with Gasteiger partial charge in [-0.2, -0.15) is 0 Å². The number of hydrogen-bond donors (Lipinski definition) is 2. The van der Waals surface area contributed by atoms with Gasteiger partial charge in [-0.25, -0.2) is 0 Å². The van der Waals surface area contributed by atoms with Crippen molar-refractivity contribution in [1.82, 2.24) is 4.90 Å². The second kappa shape index (κ2) is 6.33. The molecule has 0 aromatic heterocycles. The van der Waals surface area contributed by atoms with Gasteiger partial charge >= 0.3 is 0 Å². The van der Waals surface area contributed by atoms with Crippen LogP contribution in [0.5, 0.6) is 11.5 Å². The number of fused-ring (bicyclic) bond motifs is 2. The maximum absolute atomic E-state index is 12.2. The molecule has 0 amide bonds. The van der Waals surface area contributed by atoms with E-state index in [0.29, 0.717) is 11.8 Å². The molecule has 2 heterocycles. The Hall–Kier alpha value is -1.30. The van der Waals surface area contributed by atoms with Crippen LogP contribution in [0.25, 0.3) is 0 Å². The average Bonchev–Trinajstić information content (AvgIpc) is 3.53. The third-order valence-electron chi connectivity index (χ3n) is 11.9. The lowest BCUT2D eigenvalue weighted by Crippen LogP contribution is -2.83. The number of phenolic OH excluding ortho intramolecular Hbond substituents is 1. The summed E-state index contributed by atoms with van der Waals surface area (Å²) in [7, 11) is 1.83. The van der Waals surface area contributed by atoms with Gasteiger partial charge in [-0.1, -0.05) is 26.8 Å². The number of aliphatic hydroxyl groups is 1. The summed E-state index contributed by atoms with van der Waals surface area (Å²) < 4.78 is 13.5. The fourth-order valence-corrected chi connectivity index (χ4v) is 9.58. The molecule has 34 heavy (non-hydrogen) atoms. The van der Waals surface area contributed by atoms with E-state index in [2.05, 4.69) is 31.7 Å². The highest BCUT2D eigenvalue weighted by Crippen LogP contribution is 2.78. The number of rotatable bonds is 4. The van der Waals surface area contributed by atoms with Crippen molar-refractivity contribution in [1.29, 1.82) is 0 Å². The quantitative estimate of drug-likeness (QED) is 0.687. The van der Waals surface area contributed by atoms with Gasteiger partial charge in [-0.05, 0) is 81.4 Å². The molecule has 2 N–H and O–H groups in total. The third kappa shape index (κ3) is 2.25. The van der Waals surface area contributed by atoms with Gasteiger partial charge in [0.25, 0.3) is 0 Å². The Morgan fingerprint density at radius 3 is 2.59 bits per heavy atom. The van der Waals surface area contributed by atoms with Crippen LogP contribution in [0.4, 0.5) is 0 Å². The van der Waals surface area contributed by atoms with E-state index >= 15 is 0 Å². The maximum Gasteiger partial charge on any atom is 0.165 e. The Labute approximate surface area is 203 Å². The Kier molecular flexibility index (Phi) is 4.08. The van der Waals surface area contributed by atoms with Crippen molar-refractivity contribution in [2.75, 3.05) is 20.2 Å². The molecule has 1 aromatic carbocycles. The molecular weight excluding hydrogens is 426 g/mol. The molecule has 7 atom stereocenters. The lowest BCUT2D eigenvalue weighted by atomic mass is 9.33. The van der Waals surface area contributed by atoms with Gasteiger partial charge in [-0.15, -0.1) is 0 Å². The minimum absolute atomic E-state index is 0.0294. The minimum atomic E-state index is -0.909. The summed E-state index contributed by atoms with van der Waals surface area (Å²) in [6, 6.07) is 4.46. The van der Waals surface area contributed by atoms with Gasteiger partial charge in [0.15, 0.2) is 11.5 Å². The van der Waals surface area contributed by atoms with Gasteiger partial charge in [-0.3, -0.25) is 4.90 Å². The summed E-state index contributed by atoms with van der Waals surface area (Å²) in [5, 5.41) is 23.2. The molecule has 5 aliphatic carbocycles. The molecule has 2 spiro atoms. The van der Waals surface area contributed by atoms with E-state index in [1.807, 2.05) is 20.1 Å². The molecule has 8 rings (SSSR count). The highest BCUT2D eigenvalue weighted by molar-refractivity contribution is 5.63. The largest absolute Gasteiger partial charge is 0.504 e. The predicted molar refractivity (Wildman–Crippen MR) is 130 cm³/mol. The van der Waals surface area contributed by atoms with Crippen molar-refractivity contribution in [2.45, 2.75) is 101 Å². The first-order valence-corrected chi connectivity index (χ1v) is 13.6. The molecule has 4 bridgehead atoms. The Morgan fingerprint density at radius 1 is 1.15 bits per heavy atom. The topological polar surface area (TPSA) is 62.2 Å². The lowest BCUT2D eigenvalue weighted by Gasteiger charge is -2.75. The van der Waals surface area contributed by atoms with E-state index < -0.39 is 11.2 Å². The average molecular weight is 468 g/mol. The summed E-state index contributed by atoms with van der Waals surface area (Å²) in [6.45, 7) is 10.8. The zero-order valence-electron chi connectivity index (χ0n) is 21.5. The number of likely N-dealkylation sites (tertiary alicyclic amines) is 1. The number of phenols is 1. The number of benzene rings is 1. The molecule has 5 nitrogen and oxygen atoms in total. The van der Waals surface area contributed by atoms with E-state index in [-0.39, 0.29) is 34.0 Å². The zero-order chi connectivity index (χ0) is 23.9. The highest BCUT2D eigenvalue weighted by atomic mass is 16.6. The molecule has 2 aliphatic heterocycles. The van der Waals surface area contributed by atoms with E-state index in [1.54, 1.807) is 0 Å². The Bertz CT molecular complexity index is 1060. The van der Waals surface area contributed by atoms with Gasteiger partial charge in [0, 0.05) is 42.0 Å². The van der Waals surface area contributed by atoms with E-state index in [4.69, 9.17) is 9.47 Å². The summed E-state index contributed by atoms with van der Waals surface area (Å²) in [5.41, 5.74) is 0.783. The highest BCUT2D eigenvalue weighted by Gasteiger charge is 2.82. The van der Waals surface area contributed by atoms with Gasteiger partial charge < -0.3 is 19.7 Å². The summed E-state index contributed by atoms with van der Waals surface area (Å²) >= 11 is 0. The van der Waals surface area contributed by atoms with Crippen molar-refractivity contribution in [2.24, 2.45) is 22.7 Å². The third-order valence-corrected chi connectivity index (χ3v) is 11.9. The molecule has 5 fully saturated rings. The first-order valence-electron chi connectivity index (χ1n) is 13.6. The van der Waals surface area contributed by atoms with Crippen molar-refractivity contribution < 1.29 is 19.7 Å². The standard InChI is InChI=1S/C29H41NO4/c1-25(2,3)26(4,32)20-15-27-10-11-29(20,33-5)24-28(27)12-13-30(16-17-6-7-17)21(27)14-18-8-9-19(31)23(34-24)22(18)28/h8-9,17,20-21,24,31-32H,6-7,10-16H2,1-5H3/t20-,21+,24-,26?,27+,28-,29?/m0/s1. The molecule has 186 valence electrons. The van der Waals surface area contributed by atoms with Crippen LogP contribution in [0.2, 0.25) is 0 Å². The van der Waals surface area contributed by atoms with E-state index in [1.165, 1.54) is 30.5 Å². The second-order valence-corrected chi connectivity index (χ2v) is 13.8. The molecule has 2 unspecified atom stereocenters. The SMILES string of the molecule is COC12CC[C@@]3(C[C@H]1C(C)(O)C(C)(C)C)[C@H]1Cc4ccc(O)c5c4[C@@]3(CCN1CC1CC1)[C@@H]2O5. The number of methoxy groups -OCH3 is 1. The summed E-state index contributed by atoms with van der Waals surface area (Å²) in [5.74, 6) is 1.80. The molecule has 4 saturated carbocycles. The maximum atomic E-state index is 12.2. The predicted octanol–water partition coefficient (Wildman–Crippen LogP) is 4.41. The van der Waals surface area contributed by atoms with Gasteiger partial charge in [0.05, 0.1) is 5.60 Å². The molecular formula is C29H41NO4. The number of nitrogens with zero attached hydrogens (tertiary/aromatic N) is 1. The van der Waals surface area contributed by atoms with Crippen molar-refractivity contribution in [3.63, 3.8) is 0 Å². The molecule has 1 saturated heterocycles. The van der Waals surface area contributed by atoms with E-state index in [0.717, 1.165) is 44.6 Å². The second-order valence-electron chi connectivity index (χ2n) is 13.8. The first kappa shape index (κ1) is 21.9. The number of hydrogen-bond acceptors (Lipinski definition) is 5. The molecule has 1 aromatic rings. The lowest BCUT2D eigenvalue weighted by molar-refractivity contribution is -0.312. The first-order chi connectivity index (χ1) is 16.0. The van der Waals surface area contributed by atoms with Crippen LogP contribution < -0.4 is 4.74 Å². The van der Waals surface area contributed by atoms with Crippen LogP contribution in [0.1, 0.15) is 77.3 Å². The van der Waals surface area contributed by atoms with E-state index in [9.17, 15) is 10.2 Å². The Balaban J connectivity index is 1.47. The van der Waals surface area contributed by atoms with Crippen molar-refractivity contribution in [3.8, 4) is 11.5 Å². The summed E-state index contributed by atoms with van der Waals surface area (Å²) in [4.78, 5) is 2.82. The van der Waals surface area contributed by atoms with Crippen LogP contribution in [0.15, 0.2) is 12.1 Å². The molecule has 7 aliphatic rings. The normalized spacial score (nSPS) is 43.9. The van der Waals surface area contributed by atoms with Crippen LogP contribution in [-0.2, 0) is 16.6 Å². The summed E-state index contributed by atoms with van der Waals surface area (Å²) in [6.07, 6.45) is 7.64. The van der Waals surface area contributed by atoms with Crippen molar-refractivity contribution in [3.05, 3.63) is 23.3 Å². The fraction of sp³-hybridized carbons (Fsp3) is 0.793. The number of aromatic hydroxyl groups is 1. The van der Waals surface area contributed by atoms with Crippen LogP contribution >= 0.6 is 0 Å². The van der Waals surface area contributed by atoms with Gasteiger partial charge in [0.2, 0.25) is 0 Å². The monoisotopic (exact) mass is 467 g/mol.